The fourth-order valence-electron chi connectivity index (χ4n) is 3.24. The molecule has 0 aromatic heterocycles. The van der Waals surface area contributed by atoms with Gasteiger partial charge < -0.3 is 13.7 Å². The molecule has 1 heterocycles. The summed E-state index contributed by atoms with van der Waals surface area (Å²) in [5, 5.41) is 0. The Morgan fingerprint density at radius 1 is 1.20 bits per heavy atom. The monoisotopic (exact) mass is 444 g/mol. The highest BCUT2D eigenvalue weighted by Crippen LogP contribution is 2.40. The first-order chi connectivity index (χ1) is 14.0. The van der Waals surface area contributed by atoms with E-state index in [2.05, 4.69) is 8.92 Å². The first-order valence-corrected chi connectivity index (χ1v) is 10.4. The van der Waals surface area contributed by atoms with Crippen molar-refractivity contribution in [3.8, 4) is 22.6 Å². The molecule has 30 heavy (non-hydrogen) atoms. The van der Waals surface area contributed by atoms with Gasteiger partial charge in [0.2, 0.25) is 0 Å². The molecule has 0 bridgehead atoms. The van der Waals surface area contributed by atoms with Gasteiger partial charge >= 0.3 is 21.6 Å². The molecule has 0 radical (unpaired) electrons. The molecule has 162 valence electrons. The van der Waals surface area contributed by atoms with E-state index in [1.165, 1.54) is 13.2 Å². The lowest BCUT2D eigenvalue weighted by Gasteiger charge is -2.21. The largest absolute Gasteiger partial charge is 0.534 e. The molecule has 1 aliphatic heterocycles. The maximum Gasteiger partial charge on any atom is 0.534 e. The van der Waals surface area contributed by atoms with Gasteiger partial charge in [0.25, 0.3) is 0 Å². The minimum atomic E-state index is -5.90. The predicted octanol–water partition coefficient (Wildman–Crippen LogP) is 3.93. The number of hydrogen-bond donors (Lipinski definition) is 0. The first-order valence-electron chi connectivity index (χ1n) is 8.99. The van der Waals surface area contributed by atoms with Crippen molar-refractivity contribution >= 4 is 16.1 Å². The van der Waals surface area contributed by atoms with E-state index in [-0.39, 0.29) is 12.0 Å². The van der Waals surface area contributed by atoms with Gasteiger partial charge in [-0.2, -0.15) is 21.6 Å². The lowest BCUT2D eigenvalue weighted by atomic mass is 9.91. The molecule has 0 unspecified atom stereocenters. The summed E-state index contributed by atoms with van der Waals surface area (Å²) in [6.07, 6.45) is 1.19. The number of alkyl halides is 3. The van der Waals surface area contributed by atoms with Gasteiger partial charge in [-0.1, -0.05) is 12.1 Å². The minimum absolute atomic E-state index is 0.0848. The van der Waals surface area contributed by atoms with Crippen LogP contribution in [0, 0.1) is 6.92 Å². The number of fused-ring (bicyclic) bond motifs is 1. The SMILES string of the molecule is COC(=O)Cc1c(C)ccc(OS(=O)(=O)C(F)(F)F)c1-c1ccc2c(c1)CCCO2. The van der Waals surface area contributed by atoms with Crippen LogP contribution in [0.1, 0.15) is 23.1 Å². The van der Waals surface area contributed by atoms with Gasteiger partial charge in [-0.25, -0.2) is 0 Å². The summed E-state index contributed by atoms with van der Waals surface area (Å²) in [6, 6.07) is 7.50. The van der Waals surface area contributed by atoms with Crippen molar-refractivity contribution in [2.75, 3.05) is 13.7 Å². The zero-order chi connectivity index (χ0) is 22.1. The van der Waals surface area contributed by atoms with Crippen molar-refractivity contribution in [3.05, 3.63) is 47.0 Å². The Kier molecular flexibility index (Phi) is 5.98. The molecular formula is C20H19F3O6S. The predicted molar refractivity (Wildman–Crippen MR) is 102 cm³/mol. The molecule has 0 fully saturated rings. The van der Waals surface area contributed by atoms with Crippen LogP contribution in [-0.4, -0.2) is 33.6 Å². The minimum Gasteiger partial charge on any atom is -0.493 e. The zero-order valence-electron chi connectivity index (χ0n) is 16.2. The number of benzene rings is 2. The van der Waals surface area contributed by atoms with E-state index in [1.54, 1.807) is 25.1 Å². The van der Waals surface area contributed by atoms with Crippen molar-refractivity contribution in [2.45, 2.75) is 31.7 Å². The lowest BCUT2D eigenvalue weighted by Crippen LogP contribution is -2.28. The van der Waals surface area contributed by atoms with Gasteiger partial charge in [0.15, 0.2) is 5.75 Å². The number of ether oxygens (including phenoxy) is 2. The number of esters is 1. The van der Waals surface area contributed by atoms with E-state index in [0.717, 1.165) is 18.1 Å². The second kappa shape index (κ2) is 8.17. The molecule has 0 saturated heterocycles. The summed E-state index contributed by atoms with van der Waals surface area (Å²) < 4.78 is 76.8. The molecule has 0 saturated carbocycles. The standard InChI is InChI=1S/C20H19F3O6S/c1-12-5-7-17(29-30(25,26)20(21,22)23)19(15(12)11-18(24)27-2)14-6-8-16-13(10-14)4-3-9-28-16/h5-8,10H,3-4,9,11H2,1-2H3. The van der Waals surface area contributed by atoms with Crippen LogP contribution in [0.15, 0.2) is 30.3 Å². The van der Waals surface area contributed by atoms with E-state index in [9.17, 15) is 26.4 Å². The number of rotatable bonds is 5. The molecule has 0 spiro atoms. The van der Waals surface area contributed by atoms with Gasteiger partial charge in [0.1, 0.15) is 5.75 Å². The number of halogens is 3. The molecule has 10 heteroatoms. The van der Waals surface area contributed by atoms with Gasteiger partial charge in [-0.15, -0.1) is 0 Å². The Labute approximate surface area is 171 Å². The van der Waals surface area contributed by atoms with Gasteiger partial charge in [0.05, 0.1) is 20.1 Å². The highest BCUT2D eigenvalue weighted by atomic mass is 32.2. The van der Waals surface area contributed by atoms with Crippen molar-refractivity contribution < 1.29 is 40.0 Å². The number of aryl methyl sites for hydroxylation is 2. The van der Waals surface area contributed by atoms with E-state index in [0.29, 0.717) is 35.5 Å². The maximum atomic E-state index is 12.9. The molecule has 0 aliphatic carbocycles. The van der Waals surface area contributed by atoms with E-state index >= 15 is 0 Å². The molecule has 2 aromatic rings. The summed E-state index contributed by atoms with van der Waals surface area (Å²) in [7, 11) is -4.72. The Morgan fingerprint density at radius 2 is 1.93 bits per heavy atom. The van der Waals surface area contributed by atoms with Crippen molar-refractivity contribution in [3.63, 3.8) is 0 Å². The molecular weight excluding hydrogens is 425 g/mol. The quantitative estimate of drug-likeness (QED) is 0.395. The molecule has 1 aliphatic rings. The van der Waals surface area contributed by atoms with Crippen LogP contribution in [0.2, 0.25) is 0 Å². The van der Waals surface area contributed by atoms with Crippen LogP contribution in [0.3, 0.4) is 0 Å². The Hall–Kier alpha value is -2.75. The zero-order valence-corrected chi connectivity index (χ0v) is 17.0. The molecule has 2 aromatic carbocycles. The Bertz CT molecular complexity index is 1080. The summed E-state index contributed by atoms with van der Waals surface area (Å²) >= 11 is 0. The molecule has 0 atom stereocenters. The van der Waals surface area contributed by atoms with Gasteiger partial charge in [0, 0.05) is 5.56 Å². The van der Waals surface area contributed by atoms with Crippen LogP contribution in [0.5, 0.6) is 11.5 Å². The average Bonchev–Trinajstić information content (AvgIpc) is 2.69. The Balaban J connectivity index is 2.21. The highest BCUT2D eigenvalue weighted by Gasteiger charge is 2.49. The highest BCUT2D eigenvalue weighted by molar-refractivity contribution is 7.88. The second-order valence-electron chi connectivity index (χ2n) is 6.74. The van der Waals surface area contributed by atoms with E-state index in [4.69, 9.17) is 4.74 Å². The van der Waals surface area contributed by atoms with Crippen LogP contribution in [0.4, 0.5) is 13.2 Å². The van der Waals surface area contributed by atoms with E-state index < -0.39 is 27.3 Å². The smallest absolute Gasteiger partial charge is 0.493 e. The number of methoxy groups -OCH3 is 1. The summed E-state index contributed by atoms with van der Waals surface area (Å²) in [4.78, 5) is 11.9. The fraction of sp³-hybridized carbons (Fsp3) is 0.350. The third-order valence-corrected chi connectivity index (χ3v) is 5.70. The van der Waals surface area contributed by atoms with Crippen LogP contribution < -0.4 is 8.92 Å². The average molecular weight is 444 g/mol. The van der Waals surface area contributed by atoms with Crippen molar-refractivity contribution in [2.24, 2.45) is 0 Å². The summed E-state index contributed by atoms with van der Waals surface area (Å²) in [5.41, 5.74) is -3.39. The normalized spacial score (nSPS) is 13.9. The van der Waals surface area contributed by atoms with E-state index in [1.807, 2.05) is 0 Å². The molecule has 0 N–H and O–H groups in total. The van der Waals surface area contributed by atoms with Crippen molar-refractivity contribution in [1.82, 2.24) is 0 Å². The number of hydrogen-bond acceptors (Lipinski definition) is 6. The molecule has 3 rings (SSSR count). The van der Waals surface area contributed by atoms with Crippen LogP contribution >= 0.6 is 0 Å². The molecule has 0 amide bonds. The Morgan fingerprint density at radius 3 is 2.60 bits per heavy atom. The first kappa shape index (κ1) is 21.9. The lowest BCUT2D eigenvalue weighted by molar-refractivity contribution is -0.139. The number of carbonyl (C=O) groups is 1. The molecule has 6 nitrogen and oxygen atoms in total. The van der Waals surface area contributed by atoms with Gasteiger partial charge in [-0.3, -0.25) is 4.79 Å². The third-order valence-electron chi connectivity index (χ3n) is 4.74. The summed E-state index contributed by atoms with van der Waals surface area (Å²) in [6.45, 7) is 2.22. The fourth-order valence-corrected chi connectivity index (χ4v) is 3.71. The topological polar surface area (TPSA) is 78.9 Å². The van der Waals surface area contributed by atoms with Crippen LogP contribution in [0.25, 0.3) is 11.1 Å². The second-order valence-corrected chi connectivity index (χ2v) is 8.28. The van der Waals surface area contributed by atoms with Crippen LogP contribution in [-0.2, 0) is 32.5 Å². The maximum absolute atomic E-state index is 12.9. The summed E-state index contributed by atoms with van der Waals surface area (Å²) in [5.74, 6) is -0.498. The third kappa shape index (κ3) is 4.38. The van der Waals surface area contributed by atoms with Gasteiger partial charge in [-0.05, 0) is 60.2 Å². The number of carbonyl (C=O) groups excluding carboxylic acids is 1. The van der Waals surface area contributed by atoms with Crippen molar-refractivity contribution in [1.29, 1.82) is 0 Å².